The van der Waals surface area contributed by atoms with Crippen LogP contribution in [0.15, 0.2) is 0 Å². The summed E-state index contributed by atoms with van der Waals surface area (Å²) in [5.41, 5.74) is 0. The summed E-state index contributed by atoms with van der Waals surface area (Å²) in [6.45, 7) is 8.76. The van der Waals surface area contributed by atoms with Crippen LogP contribution in [-0.2, 0) is 9.47 Å². The molecule has 0 saturated carbocycles. The summed E-state index contributed by atoms with van der Waals surface area (Å²) in [4.78, 5) is 2.57. The minimum atomic E-state index is 0.748. The van der Waals surface area contributed by atoms with Gasteiger partial charge in [0.15, 0.2) is 0 Å². The quantitative estimate of drug-likeness (QED) is 0.688. The lowest BCUT2D eigenvalue weighted by Gasteiger charge is -2.31. The molecule has 0 aromatic heterocycles. The molecule has 0 aliphatic carbocycles. The van der Waals surface area contributed by atoms with Crippen LogP contribution in [0.2, 0.25) is 0 Å². The summed E-state index contributed by atoms with van der Waals surface area (Å²) in [5.74, 6) is 1.53. The van der Waals surface area contributed by atoms with Crippen LogP contribution in [0, 0.1) is 11.8 Å². The van der Waals surface area contributed by atoms with E-state index in [2.05, 4.69) is 10.2 Å². The smallest absolute Gasteiger partial charge is 0.0507 e. The number of hydrogen-bond acceptors (Lipinski definition) is 4. The highest BCUT2D eigenvalue weighted by Gasteiger charge is 2.19. The number of ether oxygens (including phenoxy) is 2. The Hall–Kier alpha value is -0.160. The fourth-order valence-corrected chi connectivity index (χ4v) is 2.90. The topological polar surface area (TPSA) is 33.7 Å². The molecule has 4 nitrogen and oxygen atoms in total. The van der Waals surface area contributed by atoms with Crippen molar-refractivity contribution < 1.29 is 9.47 Å². The largest absolute Gasteiger partial charge is 0.384 e. The van der Waals surface area contributed by atoms with E-state index in [4.69, 9.17) is 9.47 Å². The first-order valence-electron chi connectivity index (χ1n) is 7.38. The highest BCUT2D eigenvalue weighted by Crippen LogP contribution is 2.16. The molecule has 2 aliphatic rings. The molecule has 4 heteroatoms. The molecule has 0 aromatic rings. The number of nitrogens with zero attached hydrogens (tertiary/aromatic N) is 1. The Morgan fingerprint density at radius 2 is 2.06 bits per heavy atom. The van der Waals surface area contributed by atoms with Crippen LogP contribution in [0.25, 0.3) is 0 Å². The van der Waals surface area contributed by atoms with Crippen molar-refractivity contribution in [2.45, 2.75) is 19.3 Å². The summed E-state index contributed by atoms with van der Waals surface area (Å²) in [7, 11) is 1.81. The van der Waals surface area contributed by atoms with Crippen LogP contribution in [0.3, 0.4) is 0 Å². The zero-order valence-electron chi connectivity index (χ0n) is 11.7. The number of hydrogen-bond donors (Lipinski definition) is 1. The zero-order chi connectivity index (χ0) is 12.6. The van der Waals surface area contributed by atoms with Crippen LogP contribution in [-0.4, -0.2) is 64.6 Å². The molecule has 2 heterocycles. The lowest BCUT2D eigenvalue weighted by atomic mass is 9.98. The molecule has 0 bridgehead atoms. The van der Waals surface area contributed by atoms with Gasteiger partial charge in [-0.2, -0.15) is 0 Å². The van der Waals surface area contributed by atoms with Gasteiger partial charge in [-0.3, -0.25) is 0 Å². The molecule has 2 saturated heterocycles. The van der Waals surface area contributed by atoms with Gasteiger partial charge in [0, 0.05) is 40.0 Å². The van der Waals surface area contributed by atoms with Gasteiger partial charge >= 0.3 is 0 Å². The molecule has 1 N–H and O–H groups in total. The fourth-order valence-electron chi connectivity index (χ4n) is 2.90. The third kappa shape index (κ3) is 4.84. The summed E-state index contributed by atoms with van der Waals surface area (Å²) in [6, 6.07) is 0. The van der Waals surface area contributed by atoms with E-state index in [0.717, 1.165) is 44.7 Å². The predicted octanol–water partition coefficient (Wildman–Crippen LogP) is 0.971. The number of piperidine rings is 1. The van der Waals surface area contributed by atoms with Gasteiger partial charge in [0.2, 0.25) is 0 Å². The van der Waals surface area contributed by atoms with Crippen LogP contribution in [0.5, 0.6) is 0 Å². The molecule has 0 aromatic carbocycles. The maximum Gasteiger partial charge on any atom is 0.0507 e. The van der Waals surface area contributed by atoms with E-state index >= 15 is 0 Å². The van der Waals surface area contributed by atoms with Gasteiger partial charge in [0.1, 0.15) is 0 Å². The average Bonchev–Trinajstić information content (AvgIpc) is 2.90. The molecule has 106 valence electrons. The maximum atomic E-state index is 5.38. The Labute approximate surface area is 111 Å². The summed E-state index contributed by atoms with van der Waals surface area (Å²) in [6.07, 6.45) is 3.82. The van der Waals surface area contributed by atoms with E-state index in [1.54, 1.807) is 0 Å². The minimum absolute atomic E-state index is 0.748. The molecule has 18 heavy (non-hydrogen) atoms. The first-order valence-corrected chi connectivity index (χ1v) is 7.38. The van der Waals surface area contributed by atoms with E-state index in [9.17, 15) is 0 Å². The molecule has 2 aliphatic heterocycles. The molecule has 1 unspecified atom stereocenters. The number of rotatable bonds is 7. The molecular weight excluding hydrogens is 228 g/mol. The van der Waals surface area contributed by atoms with Crippen LogP contribution < -0.4 is 5.32 Å². The standard InChI is InChI=1S/C14H28N2O2/c1-17-11-13-2-6-16(7-3-13)8-5-15-10-14-4-9-18-12-14/h13-15H,2-12H2,1H3. The van der Waals surface area contributed by atoms with Crippen LogP contribution >= 0.6 is 0 Å². The molecule has 0 spiro atoms. The molecular formula is C14H28N2O2. The second kappa shape index (κ2) is 8.10. The van der Waals surface area contributed by atoms with Crippen molar-refractivity contribution in [2.24, 2.45) is 11.8 Å². The van der Waals surface area contributed by atoms with Crippen molar-refractivity contribution in [3.63, 3.8) is 0 Å². The third-order valence-electron chi connectivity index (χ3n) is 4.17. The van der Waals surface area contributed by atoms with E-state index in [-0.39, 0.29) is 0 Å². The second-order valence-electron chi connectivity index (χ2n) is 5.67. The third-order valence-corrected chi connectivity index (χ3v) is 4.17. The number of likely N-dealkylation sites (tertiary alicyclic amines) is 1. The van der Waals surface area contributed by atoms with Crippen molar-refractivity contribution in [1.29, 1.82) is 0 Å². The van der Waals surface area contributed by atoms with Gasteiger partial charge in [-0.15, -0.1) is 0 Å². The van der Waals surface area contributed by atoms with Crippen molar-refractivity contribution in [1.82, 2.24) is 10.2 Å². The lowest BCUT2D eigenvalue weighted by Crippen LogP contribution is -2.39. The van der Waals surface area contributed by atoms with Gasteiger partial charge in [-0.1, -0.05) is 0 Å². The lowest BCUT2D eigenvalue weighted by molar-refractivity contribution is 0.0997. The average molecular weight is 256 g/mol. The van der Waals surface area contributed by atoms with Crippen molar-refractivity contribution in [2.75, 3.05) is 59.7 Å². The Balaban J connectivity index is 1.47. The van der Waals surface area contributed by atoms with Crippen molar-refractivity contribution in [3.8, 4) is 0 Å². The Morgan fingerprint density at radius 3 is 2.72 bits per heavy atom. The van der Waals surface area contributed by atoms with Crippen LogP contribution in [0.4, 0.5) is 0 Å². The van der Waals surface area contributed by atoms with E-state index in [1.807, 2.05) is 7.11 Å². The van der Waals surface area contributed by atoms with Gasteiger partial charge in [0.25, 0.3) is 0 Å². The second-order valence-corrected chi connectivity index (χ2v) is 5.67. The first kappa shape index (κ1) is 14.3. The predicted molar refractivity (Wildman–Crippen MR) is 72.8 cm³/mol. The highest BCUT2D eigenvalue weighted by molar-refractivity contribution is 4.73. The van der Waals surface area contributed by atoms with Gasteiger partial charge in [-0.25, -0.2) is 0 Å². The Bertz CT molecular complexity index is 212. The van der Waals surface area contributed by atoms with Gasteiger partial charge in [0.05, 0.1) is 6.61 Å². The Kier molecular flexibility index (Phi) is 6.41. The minimum Gasteiger partial charge on any atom is -0.384 e. The molecule has 0 amide bonds. The normalized spacial score (nSPS) is 26.8. The number of methoxy groups -OCH3 is 1. The summed E-state index contributed by atoms with van der Waals surface area (Å²) >= 11 is 0. The first-order chi connectivity index (χ1) is 8.88. The molecule has 2 fully saturated rings. The van der Waals surface area contributed by atoms with Crippen molar-refractivity contribution >= 4 is 0 Å². The molecule has 1 atom stereocenters. The monoisotopic (exact) mass is 256 g/mol. The zero-order valence-corrected chi connectivity index (χ0v) is 11.7. The maximum absolute atomic E-state index is 5.38. The van der Waals surface area contributed by atoms with Crippen molar-refractivity contribution in [3.05, 3.63) is 0 Å². The summed E-state index contributed by atoms with van der Waals surface area (Å²) in [5, 5.41) is 3.56. The highest BCUT2D eigenvalue weighted by atomic mass is 16.5. The Morgan fingerprint density at radius 1 is 1.22 bits per heavy atom. The number of nitrogens with one attached hydrogen (secondary N) is 1. The van der Waals surface area contributed by atoms with E-state index in [1.165, 1.54) is 38.9 Å². The fraction of sp³-hybridized carbons (Fsp3) is 1.00. The van der Waals surface area contributed by atoms with Crippen LogP contribution in [0.1, 0.15) is 19.3 Å². The molecule has 0 radical (unpaired) electrons. The van der Waals surface area contributed by atoms with Gasteiger partial charge in [-0.05, 0) is 44.2 Å². The van der Waals surface area contributed by atoms with E-state index < -0.39 is 0 Å². The van der Waals surface area contributed by atoms with Gasteiger partial charge < -0.3 is 19.7 Å². The van der Waals surface area contributed by atoms with E-state index in [0.29, 0.717) is 0 Å². The molecule has 2 rings (SSSR count). The SMILES string of the molecule is COCC1CCN(CCNCC2CCOC2)CC1. The summed E-state index contributed by atoms with van der Waals surface area (Å²) < 4.78 is 10.6.